The topological polar surface area (TPSA) is 94.1 Å². The van der Waals surface area contributed by atoms with Crippen molar-refractivity contribution in [3.8, 4) is 5.75 Å². The summed E-state index contributed by atoms with van der Waals surface area (Å²) in [6.07, 6.45) is 2.26. The lowest BCUT2D eigenvalue weighted by molar-refractivity contribution is 0.0346. The van der Waals surface area contributed by atoms with Gasteiger partial charge in [-0.25, -0.2) is 9.18 Å². The number of amides is 3. The second-order valence-electron chi connectivity index (χ2n) is 10.1. The molecule has 194 valence electrons. The summed E-state index contributed by atoms with van der Waals surface area (Å²) in [5.41, 5.74) is 1.12. The Morgan fingerprint density at radius 3 is 2.58 bits per heavy atom. The first-order valence-electron chi connectivity index (χ1n) is 12.5. The Morgan fingerprint density at radius 2 is 1.92 bits per heavy atom. The zero-order chi connectivity index (χ0) is 25.8. The molecule has 36 heavy (non-hydrogen) atoms. The number of hydrogen-bond donors (Lipinski definition) is 3. The van der Waals surface area contributed by atoms with Crippen molar-refractivity contribution in [2.45, 2.75) is 38.8 Å². The SMILES string of the molecule is C[C@H]1CN([C@@H](C)CO)C(=O)c2cccc(NC(=O)Nc3ccc(F)cc3)c2O[C@@H]1CN(C)CC1CC1. The molecule has 0 bridgehead atoms. The summed E-state index contributed by atoms with van der Waals surface area (Å²) in [6, 6.07) is 9.60. The summed E-state index contributed by atoms with van der Waals surface area (Å²) in [5.74, 6) is 0.365. The first-order chi connectivity index (χ1) is 17.2. The second-order valence-corrected chi connectivity index (χ2v) is 10.1. The van der Waals surface area contributed by atoms with Crippen molar-refractivity contribution in [2.24, 2.45) is 11.8 Å². The van der Waals surface area contributed by atoms with E-state index in [2.05, 4.69) is 22.6 Å². The summed E-state index contributed by atoms with van der Waals surface area (Å²) in [4.78, 5) is 30.2. The molecule has 1 saturated carbocycles. The average Bonchev–Trinajstić information content (AvgIpc) is 3.66. The van der Waals surface area contributed by atoms with E-state index in [1.54, 1.807) is 23.1 Å². The number of nitrogens with zero attached hydrogens (tertiary/aromatic N) is 2. The normalized spacial score (nSPS) is 20.7. The highest BCUT2D eigenvalue weighted by atomic mass is 19.1. The number of fused-ring (bicyclic) bond motifs is 1. The average molecular weight is 499 g/mol. The Morgan fingerprint density at radius 1 is 1.19 bits per heavy atom. The number of carbonyl (C=O) groups is 2. The molecule has 3 amide bonds. The van der Waals surface area contributed by atoms with Crippen LogP contribution in [0.15, 0.2) is 42.5 Å². The fourth-order valence-corrected chi connectivity index (χ4v) is 4.50. The molecule has 1 aliphatic heterocycles. The van der Waals surface area contributed by atoms with Crippen molar-refractivity contribution in [1.82, 2.24) is 9.80 Å². The van der Waals surface area contributed by atoms with Crippen molar-refractivity contribution < 1.29 is 23.8 Å². The maximum Gasteiger partial charge on any atom is 0.323 e. The number of para-hydroxylation sites is 1. The Hall–Kier alpha value is -3.17. The highest BCUT2D eigenvalue weighted by Gasteiger charge is 2.35. The van der Waals surface area contributed by atoms with E-state index in [0.717, 1.165) is 12.5 Å². The van der Waals surface area contributed by atoms with Gasteiger partial charge in [0.2, 0.25) is 0 Å². The fraction of sp³-hybridized carbons (Fsp3) is 0.481. The molecule has 1 fully saturated rings. The Bertz CT molecular complexity index is 1080. The van der Waals surface area contributed by atoms with Crippen LogP contribution in [0.3, 0.4) is 0 Å². The molecular weight excluding hydrogens is 463 g/mol. The van der Waals surface area contributed by atoms with Gasteiger partial charge in [-0.05, 0) is 69.1 Å². The van der Waals surface area contributed by atoms with Gasteiger partial charge >= 0.3 is 6.03 Å². The number of aliphatic hydroxyl groups is 1. The molecule has 4 rings (SSSR count). The molecule has 9 heteroatoms. The molecule has 0 radical (unpaired) electrons. The van der Waals surface area contributed by atoms with E-state index < -0.39 is 11.8 Å². The quantitative estimate of drug-likeness (QED) is 0.511. The van der Waals surface area contributed by atoms with Gasteiger partial charge in [0, 0.05) is 31.2 Å². The Labute approximate surface area is 211 Å². The minimum absolute atomic E-state index is 0.0150. The third-order valence-corrected chi connectivity index (χ3v) is 6.80. The van der Waals surface area contributed by atoms with Gasteiger partial charge < -0.3 is 30.3 Å². The summed E-state index contributed by atoms with van der Waals surface area (Å²) < 4.78 is 19.7. The van der Waals surface area contributed by atoms with Crippen LogP contribution in [-0.2, 0) is 0 Å². The zero-order valence-electron chi connectivity index (χ0n) is 21.0. The van der Waals surface area contributed by atoms with Crippen molar-refractivity contribution >= 4 is 23.3 Å². The van der Waals surface area contributed by atoms with Gasteiger partial charge in [0.25, 0.3) is 5.91 Å². The third-order valence-electron chi connectivity index (χ3n) is 6.80. The van der Waals surface area contributed by atoms with Gasteiger partial charge in [-0.2, -0.15) is 0 Å². The number of hydrogen-bond acceptors (Lipinski definition) is 5. The molecule has 3 atom stereocenters. The number of anilines is 2. The maximum absolute atomic E-state index is 13.5. The van der Waals surface area contributed by atoms with Gasteiger partial charge in [-0.1, -0.05) is 13.0 Å². The molecular formula is C27H35FN4O4. The number of rotatable bonds is 8. The van der Waals surface area contributed by atoms with Gasteiger partial charge in [0.05, 0.1) is 23.9 Å². The largest absolute Gasteiger partial charge is 0.486 e. The summed E-state index contributed by atoms with van der Waals surface area (Å²) in [7, 11) is 2.08. The van der Waals surface area contributed by atoms with E-state index in [0.29, 0.717) is 35.8 Å². The summed E-state index contributed by atoms with van der Waals surface area (Å²) in [5, 5.41) is 15.3. The highest BCUT2D eigenvalue weighted by molar-refractivity contribution is 6.04. The van der Waals surface area contributed by atoms with Crippen LogP contribution < -0.4 is 15.4 Å². The lowest BCUT2D eigenvalue weighted by atomic mass is 9.99. The lowest BCUT2D eigenvalue weighted by Gasteiger charge is -2.38. The number of urea groups is 1. The zero-order valence-corrected chi connectivity index (χ0v) is 21.0. The lowest BCUT2D eigenvalue weighted by Crippen LogP contribution is -2.50. The molecule has 2 aromatic rings. The minimum Gasteiger partial charge on any atom is -0.486 e. The molecule has 8 nitrogen and oxygen atoms in total. The number of ether oxygens (including phenoxy) is 1. The minimum atomic E-state index is -0.538. The highest BCUT2D eigenvalue weighted by Crippen LogP contribution is 2.35. The third kappa shape index (κ3) is 6.33. The number of aliphatic hydroxyl groups excluding tert-OH is 1. The van der Waals surface area contributed by atoms with Crippen LogP contribution in [0.2, 0.25) is 0 Å². The van der Waals surface area contributed by atoms with Crippen LogP contribution in [0, 0.1) is 17.7 Å². The monoisotopic (exact) mass is 498 g/mol. The van der Waals surface area contributed by atoms with Crippen LogP contribution in [0.1, 0.15) is 37.0 Å². The molecule has 0 aromatic heterocycles. The molecule has 0 spiro atoms. The summed E-state index contributed by atoms with van der Waals surface area (Å²) >= 11 is 0. The smallest absolute Gasteiger partial charge is 0.323 e. The Balaban J connectivity index is 1.62. The van der Waals surface area contributed by atoms with Gasteiger partial charge in [0.15, 0.2) is 5.75 Å². The number of carbonyl (C=O) groups excluding carboxylic acids is 2. The van der Waals surface area contributed by atoms with E-state index in [4.69, 9.17) is 4.74 Å². The molecule has 2 aliphatic rings. The van der Waals surface area contributed by atoms with Crippen LogP contribution in [0.25, 0.3) is 0 Å². The van der Waals surface area contributed by atoms with E-state index in [1.807, 2.05) is 13.8 Å². The Kier molecular flexibility index (Phi) is 8.11. The van der Waals surface area contributed by atoms with Crippen molar-refractivity contribution in [2.75, 3.05) is 43.9 Å². The molecule has 3 N–H and O–H groups in total. The van der Waals surface area contributed by atoms with E-state index in [1.165, 1.54) is 37.1 Å². The number of likely N-dealkylation sites (N-methyl/N-ethyl adjacent to an activating group) is 1. The molecule has 0 unspecified atom stereocenters. The van der Waals surface area contributed by atoms with Crippen LogP contribution in [0.4, 0.5) is 20.6 Å². The predicted octanol–water partition coefficient (Wildman–Crippen LogP) is 4.03. The number of benzene rings is 2. The molecule has 1 aliphatic carbocycles. The standard InChI is InChI=1S/C27H35FN4O4/c1-17-13-32(18(2)16-33)26(34)22-5-4-6-23(30-27(35)29-21-11-9-20(28)10-12-21)25(22)36-24(17)15-31(3)14-19-7-8-19/h4-6,9-12,17-19,24,33H,7-8,13-16H2,1-3H3,(H2,29,30,35)/t17-,18-,24+/m0/s1. The first kappa shape index (κ1) is 25.9. The second kappa shape index (κ2) is 11.3. The van der Waals surface area contributed by atoms with Crippen LogP contribution in [-0.4, -0.2) is 72.3 Å². The number of halogens is 1. The maximum atomic E-state index is 13.5. The van der Waals surface area contributed by atoms with Gasteiger partial charge in [0.1, 0.15) is 11.9 Å². The molecule has 1 heterocycles. The first-order valence-corrected chi connectivity index (χ1v) is 12.5. The van der Waals surface area contributed by atoms with E-state index in [-0.39, 0.29) is 30.6 Å². The predicted molar refractivity (Wildman–Crippen MR) is 137 cm³/mol. The fourth-order valence-electron chi connectivity index (χ4n) is 4.50. The van der Waals surface area contributed by atoms with Gasteiger partial charge in [-0.3, -0.25) is 4.79 Å². The van der Waals surface area contributed by atoms with Crippen LogP contribution >= 0.6 is 0 Å². The van der Waals surface area contributed by atoms with Crippen molar-refractivity contribution in [1.29, 1.82) is 0 Å². The van der Waals surface area contributed by atoms with Crippen LogP contribution in [0.5, 0.6) is 5.75 Å². The van der Waals surface area contributed by atoms with Gasteiger partial charge in [-0.15, -0.1) is 0 Å². The van der Waals surface area contributed by atoms with Crippen molar-refractivity contribution in [3.63, 3.8) is 0 Å². The van der Waals surface area contributed by atoms with Crippen molar-refractivity contribution in [3.05, 3.63) is 53.8 Å². The molecule has 2 aromatic carbocycles. The van der Waals surface area contributed by atoms with E-state index >= 15 is 0 Å². The summed E-state index contributed by atoms with van der Waals surface area (Å²) in [6.45, 7) is 5.82. The number of nitrogens with one attached hydrogen (secondary N) is 2. The van der Waals surface area contributed by atoms with E-state index in [9.17, 15) is 19.1 Å². The molecule has 0 saturated heterocycles.